The zero-order chi connectivity index (χ0) is 18.9. The molecule has 0 spiro atoms. The molecule has 2 heterocycles. The number of hydrogen-bond acceptors (Lipinski definition) is 5. The lowest BCUT2D eigenvalue weighted by Gasteiger charge is -2.44. The molecule has 1 saturated heterocycles. The van der Waals surface area contributed by atoms with E-state index in [2.05, 4.69) is 5.16 Å². The fraction of sp³-hybridized carbons (Fsp3) is 0.722. The van der Waals surface area contributed by atoms with Crippen molar-refractivity contribution in [1.82, 2.24) is 15.0 Å². The van der Waals surface area contributed by atoms with Crippen molar-refractivity contribution >= 4 is 12.0 Å². The average molecular weight is 351 g/mol. The lowest BCUT2D eigenvalue weighted by Crippen LogP contribution is -2.60. The van der Waals surface area contributed by atoms with E-state index in [-0.39, 0.29) is 30.0 Å². The molecule has 0 unspecified atom stereocenters. The van der Waals surface area contributed by atoms with E-state index in [1.54, 1.807) is 15.9 Å². The largest absolute Gasteiger partial charge is 0.444 e. The maximum Gasteiger partial charge on any atom is 0.410 e. The molecule has 0 saturated carbocycles. The van der Waals surface area contributed by atoms with Gasteiger partial charge in [0.15, 0.2) is 5.69 Å². The fourth-order valence-electron chi connectivity index (χ4n) is 2.99. The number of aromatic nitrogens is 1. The summed E-state index contributed by atoms with van der Waals surface area (Å²) in [5.74, 6) is 0.698. The molecule has 1 fully saturated rings. The average Bonchev–Trinajstić information content (AvgIpc) is 2.94. The van der Waals surface area contributed by atoms with Gasteiger partial charge in [-0.3, -0.25) is 4.79 Å². The van der Waals surface area contributed by atoms with E-state index in [4.69, 9.17) is 9.26 Å². The molecule has 25 heavy (non-hydrogen) atoms. The Morgan fingerprint density at radius 3 is 2.24 bits per heavy atom. The molecule has 7 nitrogen and oxygen atoms in total. The number of rotatable bonds is 2. The Morgan fingerprint density at radius 1 is 1.24 bits per heavy atom. The lowest BCUT2D eigenvalue weighted by atomic mass is 10.1. The third-order valence-electron chi connectivity index (χ3n) is 4.12. The van der Waals surface area contributed by atoms with Crippen molar-refractivity contribution in [2.75, 3.05) is 13.1 Å². The Morgan fingerprint density at radius 2 is 1.80 bits per heavy atom. The van der Waals surface area contributed by atoms with Crippen molar-refractivity contribution < 1.29 is 18.8 Å². The first-order valence-corrected chi connectivity index (χ1v) is 8.76. The standard InChI is InChI=1S/C18H29N3O4/c1-11(2)15-8-14(19-25-15)16(22)21-12(3)9-20(10-13(21)4)17(23)24-18(5,6)7/h8,11-13H,9-10H2,1-7H3/t12-,13+. The van der Waals surface area contributed by atoms with E-state index in [0.29, 0.717) is 24.5 Å². The zero-order valence-corrected chi connectivity index (χ0v) is 16.2. The number of hydrogen-bond donors (Lipinski definition) is 0. The van der Waals surface area contributed by atoms with Gasteiger partial charge in [0.1, 0.15) is 11.4 Å². The van der Waals surface area contributed by atoms with Gasteiger partial charge < -0.3 is 19.1 Å². The molecule has 0 bridgehead atoms. The quantitative estimate of drug-likeness (QED) is 0.817. The van der Waals surface area contributed by atoms with Crippen LogP contribution in [0, 0.1) is 0 Å². The van der Waals surface area contributed by atoms with Crippen LogP contribution in [0.2, 0.25) is 0 Å². The molecule has 1 aliphatic rings. The summed E-state index contributed by atoms with van der Waals surface area (Å²) in [6.07, 6.45) is -0.346. The highest BCUT2D eigenvalue weighted by atomic mass is 16.6. The van der Waals surface area contributed by atoms with Crippen molar-refractivity contribution in [2.24, 2.45) is 0 Å². The highest BCUT2D eigenvalue weighted by molar-refractivity contribution is 5.93. The summed E-state index contributed by atoms with van der Waals surface area (Å²) in [5.41, 5.74) is -0.224. The molecular weight excluding hydrogens is 322 g/mol. The van der Waals surface area contributed by atoms with Crippen molar-refractivity contribution in [3.05, 3.63) is 17.5 Å². The van der Waals surface area contributed by atoms with Gasteiger partial charge in [-0.15, -0.1) is 0 Å². The molecule has 2 atom stereocenters. The summed E-state index contributed by atoms with van der Waals surface area (Å²) in [6.45, 7) is 14.2. The van der Waals surface area contributed by atoms with E-state index in [1.807, 2.05) is 48.5 Å². The summed E-state index contributed by atoms with van der Waals surface area (Å²) in [4.78, 5) is 28.6. The van der Waals surface area contributed by atoms with Gasteiger partial charge in [0.05, 0.1) is 0 Å². The summed E-state index contributed by atoms with van der Waals surface area (Å²) in [6, 6.07) is 1.43. The molecule has 1 aromatic heterocycles. The number of nitrogens with zero attached hydrogens (tertiary/aromatic N) is 3. The maximum absolute atomic E-state index is 12.8. The Kier molecular flexibility index (Phi) is 5.44. The molecule has 0 N–H and O–H groups in total. The Balaban J connectivity index is 2.09. The highest BCUT2D eigenvalue weighted by Crippen LogP contribution is 2.22. The van der Waals surface area contributed by atoms with Gasteiger partial charge >= 0.3 is 6.09 Å². The molecule has 0 aliphatic carbocycles. The molecule has 140 valence electrons. The third-order valence-corrected chi connectivity index (χ3v) is 4.12. The van der Waals surface area contributed by atoms with Crippen LogP contribution in [0.15, 0.2) is 10.6 Å². The third kappa shape index (κ3) is 4.52. The molecule has 2 amide bonds. The minimum atomic E-state index is -0.537. The predicted molar refractivity (Wildman–Crippen MR) is 93.5 cm³/mol. The van der Waals surface area contributed by atoms with E-state index < -0.39 is 5.60 Å². The minimum Gasteiger partial charge on any atom is -0.444 e. The summed E-state index contributed by atoms with van der Waals surface area (Å²) < 4.78 is 10.7. The minimum absolute atomic E-state index is 0.136. The van der Waals surface area contributed by atoms with Crippen LogP contribution < -0.4 is 0 Å². The van der Waals surface area contributed by atoms with Gasteiger partial charge in [-0.2, -0.15) is 0 Å². The van der Waals surface area contributed by atoms with Crippen LogP contribution in [0.4, 0.5) is 4.79 Å². The van der Waals surface area contributed by atoms with Crippen LogP contribution in [0.25, 0.3) is 0 Å². The van der Waals surface area contributed by atoms with Crippen molar-refractivity contribution in [1.29, 1.82) is 0 Å². The van der Waals surface area contributed by atoms with Crippen molar-refractivity contribution in [3.8, 4) is 0 Å². The van der Waals surface area contributed by atoms with Crippen LogP contribution in [0.1, 0.15) is 70.6 Å². The second-order valence-corrected chi connectivity index (χ2v) is 8.07. The second-order valence-electron chi connectivity index (χ2n) is 8.07. The lowest BCUT2D eigenvalue weighted by molar-refractivity contribution is -0.00514. The number of piperazine rings is 1. The topological polar surface area (TPSA) is 75.9 Å². The fourth-order valence-corrected chi connectivity index (χ4v) is 2.99. The molecule has 2 rings (SSSR count). The van der Waals surface area contributed by atoms with Crippen molar-refractivity contribution in [2.45, 2.75) is 72.1 Å². The molecule has 1 aromatic rings. The Hall–Kier alpha value is -2.05. The molecule has 7 heteroatoms. The van der Waals surface area contributed by atoms with Crippen LogP contribution in [-0.2, 0) is 4.74 Å². The molecule has 1 aliphatic heterocycles. The second kappa shape index (κ2) is 7.06. The first kappa shape index (κ1) is 19.3. The Bertz CT molecular complexity index is 621. The van der Waals surface area contributed by atoms with Crippen LogP contribution >= 0.6 is 0 Å². The number of carbonyl (C=O) groups excluding carboxylic acids is 2. The summed E-state index contributed by atoms with van der Waals surface area (Å²) in [7, 11) is 0. The van der Waals surface area contributed by atoms with Gasteiger partial charge in [-0.1, -0.05) is 19.0 Å². The van der Waals surface area contributed by atoms with Gasteiger partial charge in [0.25, 0.3) is 5.91 Å². The number of carbonyl (C=O) groups is 2. The monoisotopic (exact) mass is 351 g/mol. The zero-order valence-electron chi connectivity index (χ0n) is 16.2. The van der Waals surface area contributed by atoms with E-state index in [0.717, 1.165) is 0 Å². The molecule has 0 aromatic carbocycles. The van der Waals surface area contributed by atoms with E-state index >= 15 is 0 Å². The Labute approximate surface area is 149 Å². The maximum atomic E-state index is 12.8. The SMILES string of the molecule is CC(C)c1cc(C(=O)N2[C@H](C)CN(C(=O)OC(C)(C)C)C[C@@H]2C)no1. The summed E-state index contributed by atoms with van der Waals surface area (Å²) in [5, 5.41) is 3.91. The molecule has 0 radical (unpaired) electrons. The van der Waals surface area contributed by atoms with Crippen molar-refractivity contribution in [3.63, 3.8) is 0 Å². The molecular formula is C18H29N3O4. The van der Waals surface area contributed by atoms with Crippen LogP contribution in [0.3, 0.4) is 0 Å². The smallest absolute Gasteiger partial charge is 0.410 e. The van der Waals surface area contributed by atoms with E-state index in [9.17, 15) is 9.59 Å². The van der Waals surface area contributed by atoms with Gasteiger partial charge in [0, 0.05) is 37.2 Å². The predicted octanol–water partition coefficient (Wildman–Crippen LogP) is 3.27. The van der Waals surface area contributed by atoms with Gasteiger partial charge in [0.2, 0.25) is 0 Å². The van der Waals surface area contributed by atoms with E-state index in [1.165, 1.54) is 0 Å². The van der Waals surface area contributed by atoms with Gasteiger partial charge in [-0.25, -0.2) is 4.79 Å². The first-order valence-electron chi connectivity index (χ1n) is 8.76. The summed E-state index contributed by atoms with van der Waals surface area (Å²) >= 11 is 0. The van der Waals surface area contributed by atoms with Crippen LogP contribution in [0.5, 0.6) is 0 Å². The highest BCUT2D eigenvalue weighted by Gasteiger charge is 2.37. The number of ether oxygens (including phenoxy) is 1. The number of amides is 2. The van der Waals surface area contributed by atoms with Gasteiger partial charge in [-0.05, 0) is 34.6 Å². The first-order chi connectivity index (χ1) is 11.5. The normalized spacial score (nSPS) is 21.6. The van der Waals surface area contributed by atoms with Crippen LogP contribution in [-0.4, -0.2) is 57.7 Å².